The lowest BCUT2D eigenvalue weighted by Crippen LogP contribution is -2.29. The Morgan fingerprint density at radius 3 is 2.58 bits per heavy atom. The number of ether oxygens (including phenoxy) is 1. The number of phenols is 1. The first kappa shape index (κ1) is 21.1. The molecule has 0 aliphatic carbocycles. The number of aliphatic hydroxyl groups is 1. The van der Waals surface area contributed by atoms with E-state index in [-0.39, 0.29) is 22.8 Å². The van der Waals surface area contributed by atoms with E-state index in [1.165, 1.54) is 29.4 Å². The number of methoxy groups -OCH3 is 1. The van der Waals surface area contributed by atoms with Gasteiger partial charge in [0.25, 0.3) is 11.7 Å². The van der Waals surface area contributed by atoms with Crippen molar-refractivity contribution in [3.05, 3.63) is 80.0 Å². The molecule has 0 radical (unpaired) electrons. The summed E-state index contributed by atoms with van der Waals surface area (Å²) >= 11 is 4.74. The van der Waals surface area contributed by atoms with E-state index in [1.807, 2.05) is 12.3 Å². The van der Waals surface area contributed by atoms with E-state index < -0.39 is 17.7 Å². The molecular weight excluding hydrogens is 482 g/mol. The van der Waals surface area contributed by atoms with Crippen LogP contribution in [0.25, 0.3) is 5.76 Å². The van der Waals surface area contributed by atoms with Gasteiger partial charge < -0.3 is 14.9 Å². The van der Waals surface area contributed by atoms with E-state index in [1.54, 1.807) is 42.5 Å². The molecule has 2 heterocycles. The molecule has 0 spiro atoms. The molecule has 158 valence electrons. The number of rotatable bonds is 4. The van der Waals surface area contributed by atoms with Crippen molar-refractivity contribution in [3.8, 4) is 11.5 Å². The number of aryl methyl sites for hydroxylation is 1. The van der Waals surface area contributed by atoms with Crippen molar-refractivity contribution >= 4 is 50.4 Å². The van der Waals surface area contributed by atoms with Crippen molar-refractivity contribution in [2.45, 2.75) is 13.0 Å². The summed E-state index contributed by atoms with van der Waals surface area (Å²) in [6.07, 6.45) is 0. The topological polar surface area (TPSA) is 87.1 Å². The number of aliphatic hydroxyl groups excluding tert-OH is 1. The summed E-state index contributed by atoms with van der Waals surface area (Å²) in [6.45, 7) is 1.83. The van der Waals surface area contributed by atoms with Crippen molar-refractivity contribution in [3.63, 3.8) is 0 Å². The third kappa shape index (κ3) is 3.62. The lowest BCUT2D eigenvalue weighted by Gasteiger charge is -2.25. The molecule has 2 N–H and O–H groups in total. The van der Waals surface area contributed by atoms with Gasteiger partial charge in [0.15, 0.2) is 0 Å². The quantitative estimate of drug-likeness (QED) is 0.294. The Balaban J connectivity index is 1.94. The van der Waals surface area contributed by atoms with Gasteiger partial charge in [-0.1, -0.05) is 12.1 Å². The van der Waals surface area contributed by atoms with E-state index in [0.29, 0.717) is 20.7 Å². The Morgan fingerprint density at radius 2 is 1.94 bits per heavy atom. The maximum Gasteiger partial charge on any atom is 0.300 e. The van der Waals surface area contributed by atoms with Crippen LogP contribution in [0.15, 0.2) is 64.0 Å². The molecule has 4 rings (SSSR count). The fourth-order valence-corrected chi connectivity index (χ4v) is 4.96. The summed E-state index contributed by atoms with van der Waals surface area (Å²) in [5.41, 5.74) is 1.36. The average molecular weight is 500 g/mol. The number of Topliss-reactive ketones (excluding diaryl/α,β-unsaturated/α-hetero) is 1. The van der Waals surface area contributed by atoms with Crippen LogP contribution in [0.5, 0.6) is 11.5 Å². The van der Waals surface area contributed by atoms with Crippen LogP contribution in [0.2, 0.25) is 0 Å². The number of anilines is 1. The van der Waals surface area contributed by atoms with Gasteiger partial charge in [-0.25, -0.2) is 0 Å². The molecular formula is C23H18BrNO5S. The normalized spacial score (nSPS) is 17.9. The molecule has 31 heavy (non-hydrogen) atoms. The number of hydrogen-bond acceptors (Lipinski definition) is 6. The minimum absolute atomic E-state index is 0.0366. The third-order valence-corrected chi connectivity index (χ3v) is 6.62. The minimum Gasteiger partial charge on any atom is -0.507 e. The molecule has 1 atom stereocenters. The summed E-state index contributed by atoms with van der Waals surface area (Å²) in [5.74, 6) is -1.48. The van der Waals surface area contributed by atoms with Crippen molar-refractivity contribution in [1.82, 2.24) is 0 Å². The lowest BCUT2D eigenvalue weighted by atomic mass is 9.99. The van der Waals surface area contributed by atoms with Gasteiger partial charge in [0.2, 0.25) is 0 Å². The summed E-state index contributed by atoms with van der Waals surface area (Å²) in [4.78, 5) is 28.1. The van der Waals surface area contributed by atoms with E-state index in [2.05, 4.69) is 15.9 Å². The number of amides is 1. The van der Waals surface area contributed by atoms with Crippen LogP contribution in [0.3, 0.4) is 0 Å². The van der Waals surface area contributed by atoms with Gasteiger partial charge in [0, 0.05) is 10.4 Å². The van der Waals surface area contributed by atoms with E-state index in [9.17, 15) is 19.8 Å². The second-order valence-electron chi connectivity index (χ2n) is 7.03. The number of thiophene rings is 1. The van der Waals surface area contributed by atoms with Crippen LogP contribution in [-0.2, 0) is 9.59 Å². The van der Waals surface area contributed by atoms with Crippen LogP contribution in [-0.4, -0.2) is 29.0 Å². The van der Waals surface area contributed by atoms with Crippen LogP contribution in [0.4, 0.5) is 5.69 Å². The first-order chi connectivity index (χ1) is 14.8. The smallest absolute Gasteiger partial charge is 0.300 e. The molecule has 1 aliphatic heterocycles. The highest BCUT2D eigenvalue weighted by Gasteiger charge is 2.48. The number of benzene rings is 2. The van der Waals surface area contributed by atoms with Crippen LogP contribution in [0, 0.1) is 6.92 Å². The van der Waals surface area contributed by atoms with Crippen molar-refractivity contribution < 1.29 is 24.5 Å². The van der Waals surface area contributed by atoms with E-state index >= 15 is 0 Å². The van der Waals surface area contributed by atoms with E-state index in [4.69, 9.17) is 4.74 Å². The molecule has 1 aromatic heterocycles. The summed E-state index contributed by atoms with van der Waals surface area (Å²) < 4.78 is 5.82. The Hall–Kier alpha value is -3.10. The van der Waals surface area contributed by atoms with Gasteiger partial charge in [-0.3, -0.25) is 14.5 Å². The van der Waals surface area contributed by atoms with Gasteiger partial charge in [-0.05, 0) is 70.2 Å². The van der Waals surface area contributed by atoms with Gasteiger partial charge in [0.1, 0.15) is 23.3 Å². The number of aromatic hydroxyl groups is 1. The highest BCUT2D eigenvalue weighted by Crippen LogP contribution is 2.46. The zero-order valence-corrected chi connectivity index (χ0v) is 19.0. The standard InChI is InChI=1S/C23H18BrNO5S/c1-12-5-7-16(26)15(10-12)25-20(18-4-3-9-31-18)19(22(28)23(25)29)21(27)13-6-8-17(30-2)14(24)11-13/h3-11,20,26-27H,1-2H3/b21-19-. The maximum absolute atomic E-state index is 13.1. The second kappa shape index (κ2) is 8.20. The second-order valence-corrected chi connectivity index (χ2v) is 8.86. The lowest BCUT2D eigenvalue weighted by molar-refractivity contribution is -0.132. The molecule has 3 aromatic rings. The van der Waals surface area contributed by atoms with Crippen LogP contribution in [0.1, 0.15) is 22.0 Å². The Kier molecular flexibility index (Phi) is 5.60. The first-order valence-electron chi connectivity index (χ1n) is 9.31. The Labute approximate surface area is 191 Å². The van der Waals surface area contributed by atoms with Crippen molar-refractivity contribution in [2.75, 3.05) is 12.0 Å². The average Bonchev–Trinajstić information content (AvgIpc) is 3.36. The van der Waals surface area contributed by atoms with Gasteiger partial charge in [-0.15, -0.1) is 11.3 Å². The molecule has 1 saturated heterocycles. The Bertz CT molecular complexity index is 1220. The first-order valence-corrected chi connectivity index (χ1v) is 11.0. The molecule has 0 bridgehead atoms. The fraction of sp³-hybridized carbons (Fsp3) is 0.130. The largest absolute Gasteiger partial charge is 0.507 e. The molecule has 1 aliphatic rings. The third-order valence-electron chi connectivity index (χ3n) is 5.07. The summed E-state index contributed by atoms with van der Waals surface area (Å²) in [6, 6.07) is 12.5. The zero-order valence-electron chi connectivity index (χ0n) is 16.6. The number of hydrogen-bond donors (Lipinski definition) is 2. The van der Waals surface area contributed by atoms with E-state index in [0.717, 1.165) is 5.56 Å². The summed E-state index contributed by atoms with van der Waals surface area (Å²) in [5, 5.41) is 23.4. The zero-order chi connectivity index (χ0) is 22.3. The summed E-state index contributed by atoms with van der Waals surface area (Å²) in [7, 11) is 1.52. The van der Waals surface area contributed by atoms with Crippen LogP contribution >= 0.6 is 27.3 Å². The molecule has 1 unspecified atom stereocenters. The highest BCUT2D eigenvalue weighted by atomic mass is 79.9. The number of ketones is 1. The minimum atomic E-state index is -0.867. The molecule has 6 nitrogen and oxygen atoms in total. The monoisotopic (exact) mass is 499 g/mol. The van der Waals surface area contributed by atoms with Gasteiger partial charge >= 0.3 is 0 Å². The van der Waals surface area contributed by atoms with Crippen LogP contribution < -0.4 is 9.64 Å². The number of phenolic OH excluding ortho intramolecular Hbond substituents is 1. The molecule has 1 amide bonds. The predicted molar refractivity (Wildman–Crippen MR) is 123 cm³/mol. The molecule has 2 aromatic carbocycles. The SMILES string of the molecule is COc1ccc(/C(O)=C2/C(=O)C(=O)N(c3cc(C)ccc3O)C2c2cccs2)cc1Br. The molecule has 0 saturated carbocycles. The Morgan fingerprint density at radius 1 is 1.16 bits per heavy atom. The van der Waals surface area contributed by atoms with Crippen molar-refractivity contribution in [2.24, 2.45) is 0 Å². The highest BCUT2D eigenvalue weighted by molar-refractivity contribution is 9.10. The fourth-order valence-electron chi connectivity index (χ4n) is 3.59. The number of carbonyl (C=O) groups excluding carboxylic acids is 2. The number of nitrogens with zero attached hydrogens (tertiary/aromatic N) is 1. The number of halogens is 1. The van der Waals surface area contributed by atoms with Gasteiger partial charge in [0.05, 0.1) is 22.8 Å². The van der Waals surface area contributed by atoms with Crippen molar-refractivity contribution in [1.29, 1.82) is 0 Å². The van der Waals surface area contributed by atoms with Gasteiger partial charge in [-0.2, -0.15) is 0 Å². The maximum atomic E-state index is 13.1. The predicted octanol–water partition coefficient (Wildman–Crippen LogP) is 5.16. The molecule has 1 fully saturated rings. The molecule has 8 heteroatoms. The number of carbonyl (C=O) groups is 2.